The number of alkyl halides is 7. The first kappa shape index (κ1) is 30.4. The Kier molecular flexibility index (Phi) is 7.90. The van der Waals surface area contributed by atoms with Crippen molar-refractivity contribution >= 4 is 17.7 Å². The highest BCUT2D eigenvalue weighted by molar-refractivity contribution is 6.04. The minimum Gasteiger partial charge on any atom is -0.419 e. The van der Waals surface area contributed by atoms with Crippen molar-refractivity contribution in [2.24, 2.45) is 0 Å². The highest BCUT2D eigenvalue weighted by atomic mass is 19.4. The average molecular weight is 592 g/mol. The molecular formula is C26H24F8N4O3. The summed E-state index contributed by atoms with van der Waals surface area (Å²) in [6.07, 6.45) is -9.41. The second-order valence-electron chi connectivity index (χ2n) is 9.95. The largest absolute Gasteiger partial charge is 0.457 e. The van der Waals surface area contributed by atoms with Crippen LogP contribution in [-0.4, -0.2) is 76.0 Å². The molecule has 222 valence electrons. The van der Waals surface area contributed by atoms with Crippen LogP contribution in [0.15, 0.2) is 42.5 Å². The number of fused-ring (bicyclic) bond motifs is 1. The first-order valence-corrected chi connectivity index (χ1v) is 12.2. The Morgan fingerprint density at radius 2 is 1.71 bits per heavy atom. The molecule has 2 aromatic carbocycles. The van der Waals surface area contributed by atoms with Crippen LogP contribution in [0.3, 0.4) is 0 Å². The lowest BCUT2D eigenvalue weighted by atomic mass is 9.83. The fourth-order valence-electron chi connectivity index (χ4n) is 5.15. The Balaban J connectivity index is 1.67. The number of benzene rings is 2. The van der Waals surface area contributed by atoms with Crippen LogP contribution in [0.25, 0.3) is 0 Å². The number of carbonyl (C=O) groups excluding carboxylic acids is 1. The summed E-state index contributed by atoms with van der Waals surface area (Å²) in [7, 11) is 0. The first-order chi connectivity index (χ1) is 19.0. The van der Waals surface area contributed by atoms with Gasteiger partial charge in [-0.15, -0.1) is 0 Å². The summed E-state index contributed by atoms with van der Waals surface area (Å²) in [4.78, 5) is 15.3. The number of hydrogen-bond acceptors (Lipinski definition) is 6. The molecule has 0 bridgehead atoms. The van der Waals surface area contributed by atoms with Gasteiger partial charge in [0.05, 0.1) is 6.04 Å². The van der Waals surface area contributed by atoms with Gasteiger partial charge in [0.2, 0.25) is 5.90 Å². The van der Waals surface area contributed by atoms with Crippen LogP contribution in [0.1, 0.15) is 46.3 Å². The van der Waals surface area contributed by atoms with Crippen molar-refractivity contribution in [3.63, 3.8) is 0 Å². The van der Waals surface area contributed by atoms with Gasteiger partial charge in [0, 0.05) is 36.7 Å². The molecule has 2 aliphatic rings. The number of carbonyl (C=O) groups is 1. The highest BCUT2D eigenvalue weighted by Gasteiger charge is 2.70. The van der Waals surface area contributed by atoms with E-state index in [-0.39, 0.29) is 24.1 Å². The number of nitrogens with zero attached hydrogens (tertiary/aromatic N) is 2. The van der Waals surface area contributed by atoms with Crippen LogP contribution >= 0.6 is 0 Å². The molecule has 0 saturated carbocycles. The van der Waals surface area contributed by atoms with Crippen molar-refractivity contribution < 1.29 is 49.8 Å². The Labute approximate surface area is 228 Å². The third-order valence-corrected chi connectivity index (χ3v) is 7.46. The number of aliphatic hydroxyl groups is 1. The van der Waals surface area contributed by atoms with Crippen LogP contribution in [0, 0.1) is 16.6 Å². The lowest BCUT2D eigenvalue weighted by molar-refractivity contribution is -0.369. The van der Waals surface area contributed by atoms with Crippen molar-refractivity contribution in [1.82, 2.24) is 9.80 Å². The van der Waals surface area contributed by atoms with E-state index < -0.39 is 72.8 Å². The number of rotatable bonds is 6. The third-order valence-electron chi connectivity index (χ3n) is 7.46. The van der Waals surface area contributed by atoms with Gasteiger partial charge < -0.3 is 14.7 Å². The number of likely N-dealkylation sites (tertiary alicyclic amines) is 1. The van der Waals surface area contributed by atoms with Crippen molar-refractivity contribution in [2.75, 3.05) is 13.1 Å². The van der Waals surface area contributed by atoms with Crippen LogP contribution in [0.4, 0.5) is 35.1 Å². The number of hydrogen-bond donors (Lipinski definition) is 3. The van der Waals surface area contributed by atoms with Crippen molar-refractivity contribution in [2.45, 2.75) is 56.1 Å². The standard InChI is InChI=1S/C26H24F8N4O3/c1-24(40,25(30,31)26(32,33)34)37-9-8-17(13-4-6-16(27)7-5-13)19(12-37)38-11-15-3-2-14(10-18(15)23(38)39)21(35)41-22(36)20(28)29/h2-7,10,17,19-20,35-36,40H,8-9,11-12H2,1H3/t17-,19?,24?/m0/s1. The van der Waals surface area contributed by atoms with Gasteiger partial charge in [0.25, 0.3) is 11.8 Å². The van der Waals surface area contributed by atoms with Gasteiger partial charge in [-0.05, 0) is 48.7 Å². The van der Waals surface area contributed by atoms with Crippen LogP contribution in [0.2, 0.25) is 0 Å². The first-order valence-electron chi connectivity index (χ1n) is 12.2. The maximum Gasteiger partial charge on any atom is 0.457 e. The zero-order valence-corrected chi connectivity index (χ0v) is 21.3. The van der Waals surface area contributed by atoms with E-state index in [1.165, 1.54) is 35.2 Å². The van der Waals surface area contributed by atoms with Gasteiger partial charge in [-0.1, -0.05) is 18.2 Å². The van der Waals surface area contributed by atoms with E-state index in [0.717, 1.165) is 12.1 Å². The second-order valence-corrected chi connectivity index (χ2v) is 9.95. The van der Waals surface area contributed by atoms with Crippen LogP contribution in [-0.2, 0) is 11.3 Å². The second kappa shape index (κ2) is 10.7. The van der Waals surface area contributed by atoms with Gasteiger partial charge in [-0.3, -0.25) is 20.5 Å². The monoisotopic (exact) mass is 592 g/mol. The molecule has 2 aromatic rings. The molecule has 0 spiro atoms. The number of piperidine rings is 1. The van der Waals surface area contributed by atoms with E-state index in [1.807, 2.05) is 0 Å². The minimum absolute atomic E-state index is 0.00166. The summed E-state index contributed by atoms with van der Waals surface area (Å²) in [5, 5.41) is 25.4. The van der Waals surface area contributed by atoms with E-state index in [2.05, 4.69) is 4.74 Å². The maximum atomic E-state index is 14.4. The Morgan fingerprint density at radius 3 is 2.29 bits per heavy atom. The van der Waals surface area contributed by atoms with E-state index in [1.54, 1.807) is 0 Å². The number of nitrogens with one attached hydrogen (secondary N) is 2. The molecule has 3 atom stereocenters. The number of ether oxygens (including phenoxy) is 1. The topological polar surface area (TPSA) is 101 Å². The average Bonchev–Trinajstić information content (AvgIpc) is 3.23. The van der Waals surface area contributed by atoms with Gasteiger partial charge in [-0.2, -0.15) is 30.7 Å². The van der Waals surface area contributed by atoms with Crippen molar-refractivity contribution in [3.8, 4) is 0 Å². The SMILES string of the molecule is CC(O)(N1CC[C@@H](c2ccc(F)cc2)C(N2Cc3ccc(C(=N)OC(=N)C(F)F)cc3C2=O)C1)C(F)(F)C(F)(F)F. The predicted octanol–water partition coefficient (Wildman–Crippen LogP) is 5.13. The van der Waals surface area contributed by atoms with Crippen LogP contribution in [0.5, 0.6) is 0 Å². The van der Waals surface area contributed by atoms with Crippen molar-refractivity contribution in [1.29, 1.82) is 10.8 Å². The summed E-state index contributed by atoms with van der Waals surface area (Å²) >= 11 is 0. The molecule has 0 aromatic heterocycles. The Hall–Kier alpha value is -3.59. The fraction of sp³-hybridized carbons (Fsp3) is 0.423. The van der Waals surface area contributed by atoms with E-state index in [0.29, 0.717) is 23.0 Å². The van der Waals surface area contributed by atoms with E-state index in [9.17, 15) is 45.0 Å². The lowest BCUT2D eigenvalue weighted by Gasteiger charge is -2.49. The fourth-order valence-corrected chi connectivity index (χ4v) is 5.15. The lowest BCUT2D eigenvalue weighted by Crippen LogP contribution is -2.68. The minimum atomic E-state index is -6.07. The molecule has 15 heteroatoms. The third kappa shape index (κ3) is 5.52. The van der Waals surface area contributed by atoms with Crippen LogP contribution < -0.4 is 0 Å². The molecule has 41 heavy (non-hydrogen) atoms. The zero-order valence-electron chi connectivity index (χ0n) is 21.3. The Bertz CT molecular complexity index is 1350. The molecule has 0 radical (unpaired) electrons. The van der Waals surface area contributed by atoms with Gasteiger partial charge in [-0.25, -0.2) is 4.39 Å². The molecule has 2 unspecified atom stereocenters. The van der Waals surface area contributed by atoms with E-state index >= 15 is 0 Å². The zero-order chi connectivity index (χ0) is 30.5. The molecule has 1 saturated heterocycles. The maximum absolute atomic E-state index is 14.4. The molecule has 2 heterocycles. The predicted molar refractivity (Wildman–Crippen MR) is 129 cm³/mol. The Morgan fingerprint density at radius 1 is 1.07 bits per heavy atom. The summed E-state index contributed by atoms with van der Waals surface area (Å²) in [6.45, 7) is -0.770. The molecular weight excluding hydrogens is 568 g/mol. The molecule has 3 N–H and O–H groups in total. The number of halogens is 8. The van der Waals surface area contributed by atoms with Gasteiger partial charge >= 0.3 is 18.5 Å². The van der Waals surface area contributed by atoms with Crippen molar-refractivity contribution in [3.05, 3.63) is 70.5 Å². The normalized spacial score (nSPS) is 21.5. The molecule has 0 aliphatic carbocycles. The summed E-state index contributed by atoms with van der Waals surface area (Å²) in [6, 6.07) is 7.89. The molecule has 2 aliphatic heterocycles. The molecule has 7 nitrogen and oxygen atoms in total. The summed E-state index contributed by atoms with van der Waals surface area (Å²) in [5.74, 6) is -9.74. The van der Waals surface area contributed by atoms with Gasteiger partial charge in [0.15, 0.2) is 5.72 Å². The highest BCUT2D eigenvalue weighted by Crippen LogP contribution is 2.47. The molecule has 1 fully saturated rings. The molecule has 4 rings (SSSR count). The quantitative estimate of drug-likeness (QED) is 0.246. The summed E-state index contributed by atoms with van der Waals surface area (Å²) in [5.41, 5.74) is -2.90. The smallest absolute Gasteiger partial charge is 0.419 e. The van der Waals surface area contributed by atoms with Gasteiger partial charge in [0.1, 0.15) is 5.82 Å². The van der Waals surface area contributed by atoms with E-state index in [4.69, 9.17) is 10.8 Å². The summed E-state index contributed by atoms with van der Waals surface area (Å²) < 4.78 is 112. The number of amides is 1. The molecule has 1 amide bonds.